The Kier molecular flexibility index (Phi) is 3.66. The van der Waals surface area contributed by atoms with Crippen molar-refractivity contribution in [1.29, 1.82) is 5.26 Å². The molecule has 1 aliphatic carbocycles. The number of hydrogen-bond acceptors (Lipinski definition) is 5. The molecule has 6 heteroatoms. The second kappa shape index (κ2) is 5.25. The molecule has 0 unspecified atom stereocenters. The first kappa shape index (κ1) is 15.3. The number of aryl methyl sites for hydroxylation is 1. The third-order valence-electron chi connectivity index (χ3n) is 4.22. The van der Waals surface area contributed by atoms with E-state index in [1.807, 2.05) is 20.8 Å². The van der Waals surface area contributed by atoms with Gasteiger partial charge in [0.05, 0.1) is 5.56 Å². The van der Waals surface area contributed by atoms with Crippen molar-refractivity contribution in [3.63, 3.8) is 0 Å². The highest BCUT2D eigenvalue weighted by atomic mass is 32.1. The average molecular weight is 319 g/mol. The van der Waals surface area contributed by atoms with E-state index in [0.29, 0.717) is 10.6 Å². The molecule has 1 aliphatic heterocycles. The first-order chi connectivity index (χ1) is 10.3. The quantitative estimate of drug-likeness (QED) is 0.834. The Labute approximate surface area is 134 Å². The normalized spacial score (nSPS) is 19.0. The van der Waals surface area contributed by atoms with Crippen molar-refractivity contribution < 1.29 is 9.53 Å². The van der Waals surface area contributed by atoms with Crippen LogP contribution in [0.25, 0.3) is 0 Å². The highest BCUT2D eigenvalue weighted by Crippen LogP contribution is 2.48. The minimum absolute atomic E-state index is 0.100. The molecule has 0 atom stereocenters. The van der Waals surface area contributed by atoms with Gasteiger partial charge in [0.25, 0.3) is 0 Å². The number of ether oxygens (including phenoxy) is 1. The predicted octanol–water partition coefficient (Wildman–Crippen LogP) is 3.14. The van der Waals surface area contributed by atoms with Gasteiger partial charge in [-0.25, -0.2) is 4.79 Å². The summed E-state index contributed by atoms with van der Waals surface area (Å²) >= 11 is 1.53. The fourth-order valence-electron chi connectivity index (χ4n) is 3.30. The van der Waals surface area contributed by atoms with E-state index in [2.05, 4.69) is 16.7 Å². The maximum absolute atomic E-state index is 12.0. The van der Waals surface area contributed by atoms with Gasteiger partial charge in [-0.05, 0) is 45.6 Å². The third kappa shape index (κ3) is 2.59. The fourth-order valence-corrected chi connectivity index (χ4v) is 4.60. The van der Waals surface area contributed by atoms with Crippen molar-refractivity contribution >= 4 is 22.4 Å². The van der Waals surface area contributed by atoms with Crippen LogP contribution >= 0.6 is 11.3 Å². The van der Waals surface area contributed by atoms with Crippen molar-refractivity contribution in [2.75, 3.05) is 18.4 Å². The summed E-state index contributed by atoms with van der Waals surface area (Å²) in [6, 6.07) is 2.31. The van der Waals surface area contributed by atoms with Crippen LogP contribution in [0.15, 0.2) is 0 Å². The number of amides is 1. The van der Waals surface area contributed by atoms with E-state index in [9.17, 15) is 10.1 Å². The number of thiophene rings is 1. The molecule has 2 N–H and O–H groups in total. The predicted molar refractivity (Wildman–Crippen MR) is 86.4 cm³/mol. The summed E-state index contributed by atoms with van der Waals surface area (Å²) in [6.07, 6.45) is 2.76. The number of nitriles is 1. The van der Waals surface area contributed by atoms with E-state index in [-0.39, 0.29) is 5.41 Å². The summed E-state index contributed by atoms with van der Waals surface area (Å²) in [5.41, 5.74) is 1.35. The number of hydrogen-bond donors (Lipinski definition) is 2. The topological polar surface area (TPSA) is 74.1 Å². The lowest BCUT2D eigenvalue weighted by Gasteiger charge is -2.46. The number of nitrogens with one attached hydrogen (secondary N) is 2. The van der Waals surface area contributed by atoms with Crippen molar-refractivity contribution in [3.8, 4) is 6.07 Å². The minimum Gasteiger partial charge on any atom is -0.444 e. The zero-order valence-corrected chi connectivity index (χ0v) is 14.0. The molecule has 0 bridgehead atoms. The maximum atomic E-state index is 12.0. The van der Waals surface area contributed by atoms with Crippen molar-refractivity contribution in [2.45, 2.75) is 51.0 Å². The number of nitrogens with zero attached hydrogens (tertiary/aromatic N) is 1. The molecule has 1 aromatic rings. The lowest BCUT2D eigenvalue weighted by atomic mass is 9.67. The molecule has 2 aliphatic rings. The molecule has 118 valence electrons. The summed E-state index contributed by atoms with van der Waals surface area (Å²) in [5, 5.41) is 16.3. The van der Waals surface area contributed by atoms with Crippen LogP contribution in [0.1, 0.15) is 49.6 Å². The van der Waals surface area contributed by atoms with Gasteiger partial charge in [-0.2, -0.15) is 5.26 Å². The zero-order valence-electron chi connectivity index (χ0n) is 13.2. The molecule has 1 spiro atoms. The van der Waals surface area contributed by atoms with Gasteiger partial charge < -0.3 is 10.1 Å². The summed E-state index contributed by atoms with van der Waals surface area (Å²) < 4.78 is 5.30. The Bertz CT molecular complexity index is 648. The molecule has 1 amide bonds. The number of anilines is 1. The van der Waals surface area contributed by atoms with Gasteiger partial charge in [0, 0.05) is 23.4 Å². The molecular weight excluding hydrogens is 298 g/mol. The van der Waals surface area contributed by atoms with Crippen LogP contribution in [-0.4, -0.2) is 24.8 Å². The largest absolute Gasteiger partial charge is 0.444 e. The lowest BCUT2D eigenvalue weighted by Crippen LogP contribution is -2.58. The molecule has 0 aromatic carbocycles. The van der Waals surface area contributed by atoms with Gasteiger partial charge in [-0.3, -0.25) is 5.32 Å². The van der Waals surface area contributed by atoms with Gasteiger partial charge in [0.15, 0.2) is 0 Å². The number of carbonyl (C=O) groups excluding carboxylic acids is 1. The SMILES string of the molecule is CC(C)(C)OC(=O)Nc1sc2c(c1C#N)C1(CCC2)CNC1. The summed E-state index contributed by atoms with van der Waals surface area (Å²) in [7, 11) is 0. The van der Waals surface area contributed by atoms with Crippen LogP contribution in [0.5, 0.6) is 0 Å². The van der Waals surface area contributed by atoms with Gasteiger partial charge >= 0.3 is 6.09 Å². The molecule has 1 saturated heterocycles. The summed E-state index contributed by atoms with van der Waals surface area (Å²) in [4.78, 5) is 13.3. The standard InChI is InChI=1S/C16H21N3O2S/c1-15(2,3)21-14(20)19-13-10(7-17)12-11(22-13)5-4-6-16(12)8-18-9-16/h18H,4-6,8-9H2,1-3H3,(H,19,20). The zero-order chi connectivity index (χ0) is 16.0. The Morgan fingerprint density at radius 3 is 2.73 bits per heavy atom. The number of fused-ring (bicyclic) bond motifs is 2. The highest BCUT2D eigenvalue weighted by Gasteiger charge is 2.45. The van der Waals surface area contributed by atoms with Crippen LogP contribution in [0.3, 0.4) is 0 Å². The number of carbonyl (C=O) groups is 1. The smallest absolute Gasteiger partial charge is 0.412 e. The molecule has 1 aromatic heterocycles. The van der Waals surface area contributed by atoms with Gasteiger partial charge in [0.1, 0.15) is 16.7 Å². The fraction of sp³-hybridized carbons (Fsp3) is 0.625. The second-order valence-corrected chi connectivity index (χ2v) is 8.19. The van der Waals surface area contributed by atoms with E-state index in [1.54, 1.807) is 0 Å². The molecule has 3 rings (SSSR count). The molecule has 2 heterocycles. The molecule has 0 saturated carbocycles. The third-order valence-corrected chi connectivity index (χ3v) is 5.39. The van der Waals surface area contributed by atoms with E-state index in [0.717, 1.165) is 37.9 Å². The second-order valence-electron chi connectivity index (χ2n) is 7.08. The van der Waals surface area contributed by atoms with E-state index in [1.165, 1.54) is 16.2 Å². The van der Waals surface area contributed by atoms with Crippen LogP contribution in [0.4, 0.5) is 9.80 Å². The van der Waals surface area contributed by atoms with Gasteiger partial charge in [-0.1, -0.05) is 0 Å². The van der Waals surface area contributed by atoms with Crippen LogP contribution in [0, 0.1) is 11.3 Å². The first-order valence-corrected chi connectivity index (χ1v) is 8.43. The van der Waals surface area contributed by atoms with E-state index in [4.69, 9.17) is 4.74 Å². The van der Waals surface area contributed by atoms with Crippen LogP contribution in [0.2, 0.25) is 0 Å². The molecular formula is C16H21N3O2S. The Morgan fingerprint density at radius 1 is 1.45 bits per heavy atom. The van der Waals surface area contributed by atoms with Crippen molar-refractivity contribution in [1.82, 2.24) is 5.32 Å². The minimum atomic E-state index is -0.549. The molecule has 1 fully saturated rings. The van der Waals surface area contributed by atoms with Crippen LogP contribution in [-0.2, 0) is 16.6 Å². The summed E-state index contributed by atoms with van der Waals surface area (Å²) in [5.74, 6) is 0. The maximum Gasteiger partial charge on any atom is 0.412 e. The molecule has 5 nitrogen and oxygen atoms in total. The van der Waals surface area contributed by atoms with Gasteiger partial charge in [-0.15, -0.1) is 11.3 Å². The lowest BCUT2D eigenvalue weighted by molar-refractivity contribution is 0.0636. The Balaban J connectivity index is 1.91. The van der Waals surface area contributed by atoms with Crippen LogP contribution < -0.4 is 10.6 Å². The van der Waals surface area contributed by atoms with Crippen molar-refractivity contribution in [3.05, 3.63) is 16.0 Å². The molecule has 22 heavy (non-hydrogen) atoms. The average Bonchev–Trinajstić information content (AvgIpc) is 2.71. The first-order valence-electron chi connectivity index (χ1n) is 7.62. The molecule has 0 radical (unpaired) electrons. The van der Waals surface area contributed by atoms with E-state index < -0.39 is 11.7 Å². The van der Waals surface area contributed by atoms with Crippen molar-refractivity contribution in [2.24, 2.45) is 0 Å². The Morgan fingerprint density at radius 2 is 2.18 bits per heavy atom. The monoisotopic (exact) mass is 319 g/mol. The highest BCUT2D eigenvalue weighted by molar-refractivity contribution is 7.16. The Hall–Kier alpha value is -1.58. The summed E-state index contributed by atoms with van der Waals surface area (Å²) in [6.45, 7) is 7.33. The van der Waals surface area contributed by atoms with Gasteiger partial charge in [0.2, 0.25) is 0 Å². The number of rotatable bonds is 1. The van der Waals surface area contributed by atoms with E-state index >= 15 is 0 Å².